The minimum atomic E-state index is -2.24. The molecular formula is C27H23N3O8. The van der Waals surface area contributed by atoms with E-state index in [1.54, 1.807) is 30.3 Å². The van der Waals surface area contributed by atoms with Crippen LogP contribution in [-0.2, 0) is 19.1 Å². The molecule has 1 amide bonds. The zero-order valence-electron chi connectivity index (χ0n) is 20.7. The molecule has 1 unspecified atom stereocenters. The molecule has 0 aliphatic carbocycles. The van der Waals surface area contributed by atoms with E-state index in [1.807, 2.05) is 0 Å². The molecule has 0 saturated carbocycles. The Bertz CT molecular complexity index is 1420. The Kier molecular flexibility index (Phi) is 7.10. The quantitative estimate of drug-likeness (QED) is 0.195. The summed E-state index contributed by atoms with van der Waals surface area (Å²) >= 11 is 0. The van der Waals surface area contributed by atoms with Crippen molar-refractivity contribution in [1.29, 1.82) is 0 Å². The molecule has 11 nitrogen and oxygen atoms in total. The minimum absolute atomic E-state index is 0.189. The lowest BCUT2D eigenvalue weighted by Gasteiger charge is -2.38. The number of anilines is 2. The summed E-state index contributed by atoms with van der Waals surface area (Å²) in [5, 5.41) is 14.1. The van der Waals surface area contributed by atoms with Crippen LogP contribution in [0.1, 0.15) is 10.4 Å². The van der Waals surface area contributed by atoms with Gasteiger partial charge in [0.05, 0.1) is 26.3 Å². The minimum Gasteiger partial charge on any atom is -0.497 e. The third-order valence-corrected chi connectivity index (χ3v) is 6.00. The van der Waals surface area contributed by atoms with E-state index in [0.717, 1.165) is 12.0 Å². The number of methoxy groups -OCH3 is 3. The number of benzene rings is 3. The van der Waals surface area contributed by atoms with Gasteiger partial charge < -0.3 is 19.5 Å². The average molecular weight is 517 g/mol. The summed E-state index contributed by atoms with van der Waals surface area (Å²) in [7, 11) is 3.82. The van der Waals surface area contributed by atoms with E-state index in [0.29, 0.717) is 5.75 Å². The number of nitro benzene ring substituents is 1. The summed E-state index contributed by atoms with van der Waals surface area (Å²) in [5.41, 5.74) is -2.12. The van der Waals surface area contributed by atoms with Crippen LogP contribution in [0.15, 0.2) is 90.2 Å². The highest BCUT2D eigenvalue weighted by atomic mass is 16.6. The maximum Gasteiger partial charge on any atom is 0.358 e. The first-order valence-corrected chi connectivity index (χ1v) is 11.3. The van der Waals surface area contributed by atoms with Gasteiger partial charge in [-0.2, -0.15) is 0 Å². The molecule has 0 saturated heterocycles. The van der Waals surface area contributed by atoms with Crippen molar-refractivity contribution in [2.75, 3.05) is 31.5 Å². The number of carbonyl (C=O) groups excluding carboxylic acids is 3. The Morgan fingerprint density at radius 1 is 0.895 bits per heavy atom. The second-order valence-corrected chi connectivity index (χ2v) is 8.07. The Morgan fingerprint density at radius 2 is 1.53 bits per heavy atom. The first kappa shape index (κ1) is 25.9. The number of ketones is 1. The van der Waals surface area contributed by atoms with Crippen molar-refractivity contribution in [3.63, 3.8) is 0 Å². The lowest BCUT2D eigenvalue weighted by Crippen LogP contribution is -2.61. The zero-order valence-corrected chi connectivity index (χ0v) is 20.7. The maximum absolute atomic E-state index is 13.9. The van der Waals surface area contributed by atoms with Crippen molar-refractivity contribution in [2.45, 2.75) is 5.66 Å². The number of hydrogen-bond donors (Lipinski definition) is 1. The Morgan fingerprint density at radius 3 is 2.05 bits per heavy atom. The van der Waals surface area contributed by atoms with Crippen LogP contribution in [0, 0.1) is 10.1 Å². The Labute approximate surface area is 217 Å². The molecule has 1 aliphatic heterocycles. The molecule has 0 spiro atoms. The molecule has 3 aromatic carbocycles. The number of rotatable bonds is 9. The van der Waals surface area contributed by atoms with Crippen molar-refractivity contribution in [1.82, 2.24) is 0 Å². The predicted octanol–water partition coefficient (Wildman–Crippen LogP) is 3.71. The number of nitrogens with zero attached hydrogens (tertiary/aromatic N) is 2. The van der Waals surface area contributed by atoms with E-state index in [1.165, 1.54) is 62.8 Å². The highest BCUT2D eigenvalue weighted by molar-refractivity contribution is 6.27. The Balaban J connectivity index is 2.00. The van der Waals surface area contributed by atoms with Crippen LogP contribution in [-0.4, -0.2) is 49.6 Å². The molecular weight excluding hydrogens is 494 g/mol. The van der Waals surface area contributed by atoms with Crippen molar-refractivity contribution < 1.29 is 33.5 Å². The number of Topliss-reactive ketones (excluding diaryl/α,β-unsaturated/α-hetero) is 1. The molecule has 38 heavy (non-hydrogen) atoms. The second-order valence-electron chi connectivity index (χ2n) is 8.07. The number of hydrogen-bond acceptors (Lipinski definition) is 9. The fourth-order valence-electron chi connectivity index (χ4n) is 4.26. The van der Waals surface area contributed by atoms with Gasteiger partial charge in [0.25, 0.3) is 17.3 Å². The fourth-order valence-corrected chi connectivity index (χ4v) is 4.26. The number of nitrogens with one attached hydrogen (secondary N) is 1. The van der Waals surface area contributed by atoms with Crippen LogP contribution in [0.2, 0.25) is 0 Å². The first-order chi connectivity index (χ1) is 18.3. The van der Waals surface area contributed by atoms with Gasteiger partial charge >= 0.3 is 5.97 Å². The van der Waals surface area contributed by atoms with Gasteiger partial charge in [0.1, 0.15) is 11.3 Å². The number of ether oxygens (including phenoxy) is 3. The molecule has 1 N–H and O–H groups in total. The molecule has 0 radical (unpaired) electrons. The normalized spacial score (nSPS) is 16.7. The number of nitro groups is 1. The van der Waals surface area contributed by atoms with Crippen LogP contribution >= 0.6 is 0 Å². The number of esters is 1. The summed E-state index contributed by atoms with van der Waals surface area (Å²) in [6.45, 7) is 0. The van der Waals surface area contributed by atoms with Crippen LogP contribution < -0.4 is 15.0 Å². The molecule has 1 heterocycles. The van der Waals surface area contributed by atoms with Gasteiger partial charge in [0, 0.05) is 29.1 Å². The number of amides is 1. The van der Waals surface area contributed by atoms with E-state index in [2.05, 4.69) is 5.32 Å². The predicted molar refractivity (Wildman–Crippen MR) is 137 cm³/mol. The van der Waals surface area contributed by atoms with Crippen LogP contribution in [0.5, 0.6) is 5.75 Å². The topological polar surface area (TPSA) is 137 Å². The summed E-state index contributed by atoms with van der Waals surface area (Å²) in [6.07, 6.45) is 0. The number of carbonyl (C=O) groups is 3. The Hall–Kier alpha value is -5.19. The fraction of sp³-hybridized carbons (Fsp3) is 0.148. The van der Waals surface area contributed by atoms with E-state index in [-0.39, 0.29) is 34.0 Å². The van der Waals surface area contributed by atoms with Crippen molar-refractivity contribution >= 4 is 34.7 Å². The molecule has 3 aromatic rings. The lowest BCUT2D eigenvalue weighted by molar-refractivity contribution is -0.384. The molecule has 0 bridgehead atoms. The highest BCUT2D eigenvalue weighted by Gasteiger charge is 2.62. The van der Waals surface area contributed by atoms with Gasteiger partial charge in [-0.15, -0.1) is 0 Å². The largest absolute Gasteiger partial charge is 0.497 e. The number of non-ortho nitro benzene ring substituents is 1. The third kappa shape index (κ3) is 4.30. The van der Waals surface area contributed by atoms with Gasteiger partial charge in [-0.1, -0.05) is 30.3 Å². The third-order valence-electron chi connectivity index (χ3n) is 6.00. The standard InChI is InChI=1S/C27H23N3O8/c1-36-21-15-13-19(14-16-21)29-25(32)24(37-2)22(23(31)17-7-5-4-6-8-17)27(29,26(33)38-3)28-18-9-11-20(12-10-18)30(34)35/h4-16,28H,1-3H3. The van der Waals surface area contributed by atoms with Crippen molar-refractivity contribution in [3.05, 3.63) is 106 Å². The molecule has 1 aliphatic rings. The van der Waals surface area contributed by atoms with E-state index in [4.69, 9.17) is 14.2 Å². The smallest absolute Gasteiger partial charge is 0.358 e. The SMILES string of the molecule is COC(=O)C1(Nc2ccc([N+](=O)[O-])cc2)C(C(=O)c2ccccc2)=C(OC)C(=O)N1c1ccc(OC)cc1. The summed E-state index contributed by atoms with van der Waals surface area (Å²) in [5.74, 6) is -2.31. The average Bonchev–Trinajstić information content (AvgIpc) is 3.20. The van der Waals surface area contributed by atoms with Gasteiger partial charge in [-0.3, -0.25) is 24.6 Å². The van der Waals surface area contributed by atoms with Crippen molar-refractivity contribution in [2.24, 2.45) is 0 Å². The molecule has 11 heteroatoms. The van der Waals surface area contributed by atoms with E-state index < -0.39 is 28.2 Å². The molecule has 0 aromatic heterocycles. The highest BCUT2D eigenvalue weighted by Crippen LogP contribution is 2.43. The summed E-state index contributed by atoms with van der Waals surface area (Å²) in [4.78, 5) is 53.1. The van der Waals surface area contributed by atoms with E-state index in [9.17, 15) is 24.5 Å². The monoisotopic (exact) mass is 517 g/mol. The second kappa shape index (κ2) is 10.4. The molecule has 1 atom stereocenters. The van der Waals surface area contributed by atoms with Gasteiger partial charge in [-0.05, 0) is 36.4 Å². The van der Waals surface area contributed by atoms with Gasteiger partial charge in [0.15, 0.2) is 11.5 Å². The summed E-state index contributed by atoms with van der Waals surface area (Å²) in [6, 6.07) is 19.5. The van der Waals surface area contributed by atoms with Gasteiger partial charge in [-0.25, -0.2) is 4.79 Å². The molecule has 0 fully saturated rings. The summed E-state index contributed by atoms with van der Waals surface area (Å²) < 4.78 is 15.8. The molecule has 4 rings (SSSR count). The lowest BCUT2D eigenvalue weighted by atomic mass is 9.91. The van der Waals surface area contributed by atoms with Crippen LogP contribution in [0.4, 0.5) is 17.1 Å². The maximum atomic E-state index is 13.9. The van der Waals surface area contributed by atoms with Crippen molar-refractivity contribution in [3.8, 4) is 5.75 Å². The van der Waals surface area contributed by atoms with E-state index >= 15 is 0 Å². The molecule has 194 valence electrons. The van der Waals surface area contributed by atoms with Crippen LogP contribution in [0.25, 0.3) is 0 Å². The van der Waals surface area contributed by atoms with Gasteiger partial charge in [0.2, 0.25) is 0 Å². The first-order valence-electron chi connectivity index (χ1n) is 11.3. The zero-order chi connectivity index (χ0) is 27.4. The van der Waals surface area contributed by atoms with Crippen LogP contribution in [0.3, 0.4) is 0 Å².